The molecule has 2 saturated heterocycles. The third-order valence-electron chi connectivity index (χ3n) is 8.46. The molecule has 4 aliphatic rings. The highest BCUT2D eigenvalue weighted by Crippen LogP contribution is 2.30. The first-order chi connectivity index (χ1) is 19.3. The predicted molar refractivity (Wildman–Crippen MR) is 156 cm³/mol. The number of nitrogens with zero attached hydrogens (tertiary/aromatic N) is 2. The predicted octanol–water partition coefficient (Wildman–Crippen LogP) is 4.10. The second-order valence-electron chi connectivity index (χ2n) is 11.5. The molecule has 0 aromatic carbocycles. The number of rotatable bonds is 9. The second-order valence-corrected chi connectivity index (χ2v) is 11.5. The normalized spacial score (nSPS) is 22.6. The number of nitrogens with one attached hydrogen (secondary N) is 2. The summed E-state index contributed by atoms with van der Waals surface area (Å²) >= 11 is 0. The molecule has 2 N–H and O–H groups in total. The monoisotopic (exact) mass is 550 g/mol. The van der Waals surface area contributed by atoms with Crippen LogP contribution >= 0.6 is 0 Å². The highest BCUT2D eigenvalue weighted by atomic mass is 16.2. The van der Waals surface area contributed by atoms with Crippen molar-refractivity contribution in [2.45, 2.75) is 90.9 Å². The SMILES string of the molecule is CC(=O)/C(C(=O)NCCNC(=O)/C(C(C)=O)=C1/C=C(N2CCCCC2)CCC1)=C1\C=C(N2CCCCC2)CCC1. The van der Waals surface area contributed by atoms with E-state index in [0.717, 1.165) is 63.0 Å². The number of amides is 2. The van der Waals surface area contributed by atoms with Crippen LogP contribution in [0.25, 0.3) is 0 Å². The molecular formula is C32H46N4O4. The van der Waals surface area contributed by atoms with Gasteiger partial charge in [-0.1, -0.05) is 0 Å². The van der Waals surface area contributed by atoms with E-state index >= 15 is 0 Å². The average Bonchev–Trinajstić information content (AvgIpc) is 2.96. The Labute approximate surface area is 239 Å². The van der Waals surface area contributed by atoms with Gasteiger partial charge in [0, 0.05) is 50.7 Å². The van der Waals surface area contributed by atoms with E-state index in [1.807, 2.05) is 12.2 Å². The van der Waals surface area contributed by atoms with Crippen LogP contribution in [0.1, 0.15) is 90.9 Å². The topological polar surface area (TPSA) is 98.8 Å². The molecule has 2 aliphatic carbocycles. The molecule has 0 bridgehead atoms. The number of likely N-dealkylation sites (tertiary alicyclic amines) is 2. The Hall–Kier alpha value is -3.16. The molecule has 2 aliphatic heterocycles. The molecular weight excluding hydrogens is 504 g/mol. The first-order valence-corrected chi connectivity index (χ1v) is 15.3. The molecule has 2 heterocycles. The first-order valence-electron chi connectivity index (χ1n) is 15.3. The maximum atomic E-state index is 13.1. The van der Waals surface area contributed by atoms with E-state index in [0.29, 0.717) is 12.8 Å². The Balaban J connectivity index is 1.37. The van der Waals surface area contributed by atoms with Crippen molar-refractivity contribution < 1.29 is 19.2 Å². The van der Waals surface area contributed by atoms with Gasteiger partial charge in [0.2, 0.25) is 0 Å². The molecule has 4 rings (SSSR count). The molecule has 0 aromatic heterocycles. The largest absolute Gasteiger partial charge is 0.375 e. The minimum atomic E-state index is -0.403. The number of piperidine rings is 2. The number of hydrogen-bond donors (Lipinski definition) is 2. The molecule has 2 fully saturated rings. The van der Waals surface area contributed by atoms with E-state index < -0.39 is 11.8 Å². The summed E-state index contributed by atoms with van der Waals surface area (Å²) in [5, 5.41) is 5.63. The van der Waals surface area contributed by atoms with Gasteiger partial charge >= 0.3 is 0 Å². The number of allylic oxidation sites excluding steroid dienone is 6. The second kappa shape index (κ2) is 14.5. The van der Waals surface area contributed by atoms with Crippen molar-refractivity contribution in [1.82, 2.24) is 20.4 Å². The summed E-state index contributed by atoms with van der Waals surface area (Å²) in [6.45, 7) is 7.37. The number of carbonyl (C=O) groups is 4. The van der Waals surface area contributed by atoms with Crippen molar-refractivity contribution in [2.24, 2.45) is 0 Å². The number of ketones is 2. The van der Waals surface area contributed by atoms with Crippen molar-refractivity contribution in [3.63, 3.8) is 0 Å². The van der Waals surface area contributed by atoms with Crippen LogP contribution in [0.3, 0.4) is 0 Å². The number of carbonyl (C=O) groups excluding carboxylic acids is 4. The van der Waals surface area contributed by atoms with E-state index in [2.05, 4.69) is 20.4 Å². The standard InChI is InChI=1S/C32H46N4O4/c1-23(37)29(25-11-9-13-27(21-25)35-17-5-3-6-18-35)31(39)33-15-16-34-32(40)30(24(2)38)26-12-10-14-28(22-26)36-19-7-4-8-20-36/h21-22H,3-20H2,1-2H3,(H,33,39)(H,34,40)/b29-25+,30-26+. The van der Waals surface area contributed by atoms with Gasteiger partial charge in [-0.25, -0.2) is 0 Å². The summed E-state index contributed by atoms with van der Waals surface area (Å²) in [4.78, 5) is 55.9. The fourth-order valence-electron chi connectivity index (χ4n) is 6.46. The summed E-state index contributed by atoms with van der Waals surface area (Å²) in [6, 6.07) is 0. The maximum Gasteiger partial charge on any atom is 0.255 e. The lowest BCUT2D eigenvalue weighted by atomic mass is 9.91. The van der Waals surface area contributed by atoms with Gasteiger partial charge in [-0.3, -0.25) is 19.2 Å². The van der Waals surface area contributed by atoms with Crippen molar-refractivity contribution in [1.29, 1.82) is 0 Å². The van der Waals surface area contributed by atoms with Crippen LogP contribution in [0.5, 0.6) is 0 Å². The Bertz CT molecular complexity index is 1030. The minimum absolute atomic E-state index is 0.173. The molecule has 2 amide bonds. The lowest BCUT2D eigenvalue weighted by molar-refractivity contribution is -0.124. The van der Waals surface area contributed by atoms with Crippen LogP contribution < -0.4 is 10.6 Å². The molecule has 0 unspecified atom stereocenters. The van der Waals surface area contributed by atoms with Crippen LogP contribution in [-0.4, -0.2) is 72.4 Å². The van der Waals surface area contributed by atoms with Gasteiger partial charge in [-0.2, -0.15) is 0 Å². The van der Waals surface area contributed by atoms with Crippen molar-refractivity contribution >= 4 is 23.4 Å². The zero-order chi connectivity index (χ0) is 28.5. The summed E-state index contributed by atoms with van der Waals surface area (Å²) in [5.41, 5.74) is 4.49. The molecule has 0 atom stereocenters. The lowest BCUT2D eigenvalue weighted by Crippen LogP contribution is -2.38. The summed E-state index contributed by atoms with van der Waals surface area (Å²) in [7, 11) is 0. The van der Waals surface area contributed by atoms with Gasteiger partial charge in [-0.15, -0.1) is 0 Å². The molecule has 8 nitrogen and oxygen atoms in total. The maximum absolute atomic E-state index is 13.1. The van der Waals surface area contributed by atoms with E-state index in [-0.39, 0.29) is 35.8 Å². The molecule has 0 aromatic rings. The smallest absolute Gasteiger partial charge is 0.255 e. The third-order valence-corrected chi connectivity index (χ3v) is 8.46. The zero-order valence-electron chi connectivity index (χ0n) is 24.4. The highest BCUT2D eigenvalue weighted by Gasteiger charge is 2.25. The Morgan fingerprint density at radius 3 is 1.30 bits per heavy atom. The summed E-state index contributed by atoms with van der Waals surface area (Å²) in [6.07, 6.45) is 16.6. The highest BCUT2D eigenvalue weighted by molar-refractivity contribution is 6.20. The van der Waals surface area contributed by atoms with Crippen molar-refractivity contribution in [2.75, 3.05) is 39.3 Å². The fourth-order valence-corrected chi connectivity index (χ4v) is 6.46. The van der Waals surface area contributed by atoms with Crippen LogP contribution in [0.15, 0.2) is 45.8 Å². The van der Waals surface area contributed by atoms with E-state index in [1.54, 1.807) is 0 Å². The van der Waals surface area contributed by atoms with Gasteiger partial charge in [0.25, 0.3) is 11.8 Å². The van der Waals surface area contributed by atoms with Crippen LogP contribution in [0.4, 0.5) is 0 Å². The van der Waals surface area contributed by atoms with Crippen LogP contribution in [0, 0.1) is 0 Å². The first kappa shape index (κ1) is 29.8. The van der Waals surface area contributed by atoms with E-state index in [4.69, 9.17) is 0 Å². The van der Waals surface area contributed by atoms with Crippen LogP contribution in [-0.2, 0) is 19.2 Å². The molecule has 0 spiro atoms. The molecule has 40 heavy (non-hydrogen) atoms. The van der Waals surface area contributed by atoms with E-state index in [1.165, 1.54) is 63.8 Å². The van der Waals surface area contributed by atoms with Gasteiger partial charge < -0.3 is 20.4 Å². The quantitative estimate of drug-likeness (QED) is 0.194. The van der Waals surface area contributed by atoms with Gasteiger partial charge in [-0.05, 0) is 114 Å². The molecule has 0 saturated carbocycles. The van der Waals surface area contributed by atoms with Gasteiger partial charge in [0.15, 0.2) is 11.6 Å². The number of hydrogen-bond acceptors (Lipinski definition) is 6. The molecule has 8 heteroatoms. The molecule has 218 valence electrons. The average molecular weight is 551 g/mol. The van der Waals surface area contributed by atoms with Crippen molar-refractivity contribution in [3.8, 4) is 0 Å². The Kier molecular flexibility index (Phi) is 10.8. The van der Waals surface area contributed by atoms with Gasteiger partial charge in [0.05, 0.1) is 11.1 Å². The number of Topliss-reactive ketones (excluding diaryl/α,β-unsaturated/α-hetero) is 2. The van der Waals surface area contributed by atoms with Crippen LogP contribution in [0.2, 0.25) is 0 Å². The molecule has 0 radical (unpaired) electrons. The van der Waals surface area contributed by atoms with E-state index in [9.17, 15) is 19.2 Å². The summed E-state index contributed by atoms with van der Waals surface area (Å²) in [5.74, 6) is -1.30. The lowest BCUT2D eigenvalue weighted by Gasteiger charge is -2.33. The summed E-state index contributed by atoms with van der Waals surface area (Å²) < 4.78 is 0. The zero-order valence-corrected chi connectivity index (χ0v) is 24.4. The third kappa shape index (κ3) is 7.73. The Morgan fingerprint density at radius 1 is 0.575 bits per heavy atom. The van der Waals surface area contributed by atoms with Gasteiger partial charge in [0.1, 0.15) is 0 Å². The fraction of sp³-hybridized carbons (Fsp3) is 0.625. The van der Waals surface area contributed by atoms with Crippen molar-refractivity contribution in [3.05, 3.63) is 45.8 Å². The minimum Gasteiger partial charge on any atom is -0.375 e. The Morgan fingerprint density at radius 2 is 0.950 bits per heavy atom.